The molecule has 7 nitrogen and oxygen atoms in total. The third-order valence-electron chi connectivity index (χ3n) is 7.63. The fourth-order valence-electron chi connectivity index (χ4n) is 5.40. The van der Waals surface area contributed by atoms with E-state index in [9.17, 15) is 18.0 Å². The zero-order valence-electron chi connectivity index (χ0n) is 22.2. The minimum atomic E-state index is -4.51. The molecular formula is C29H33F3N6O. The Hall–Kier alpha value is -3.50. The highest BCUT2D eigenvalue weighted by molar-refractivity contribution is 6.04. The van der Waals surface area contributed by atoms with Gasteiger partial charge in [0.25, 0.3) is 5.91 Å². The topological polar surface area (TPSA) is 64.6 Å². The first-order valence-corrected chi connectivity index (χ1v) is 13.3. The lowest BCUT2D eigenvalue weighted by Gasteiger charge is -2.35. The average Bonchev–Trinajstić information content (AvgIpc) is 2.93. The second-order valence-corrected chi connectivity index (χ2v) is 10.4. The molecule has 5 rings (SSSR count). The van der Waals surface area contributed by atoms with Crippen LogP contribution in [0, 0.1) is 0 Å². The van der Waals surface area contributed by atoms with E-state index in [1.165, 1.54) is 18.0 Å². The van der Waals surface area contributed by atoms with Crippen LogP contribution in [0.5, 0.6) is 0 Å². The van der Waals surface area contributed by atoms with Crippen LogP contribution in [0.1, 0.15) is 51.9 Å². The van der Waals surface area contributed by atoms with Crippen LogP contribution in [0.25, 0.3) is 0 Å². The maximum absolute atomic E-state index is 13.7. The number of halogens is 3. The Balaban J connectivity index is 1.37. The summed E-state index contributed by atoms with van der Waals surface area (Å²) in [7, 11) is 2.03. The number of benzene rings is 2. The minimum Gasteiger partial charge on any atom is -0.364 e. The lowest BCUT2D eigenvalue weighted by atomic mass is 9.86. The van der Waals surface area contributed by atoms with Crippen molar-refractivity contribution in [3.05, 3.63) is 82.9 Å². The molecule has 1 saturated heterocycles. The molecule has 3 aromatic rings. The van der Waals surface area contributed by atoms with Crippen molar-refractivity contribution in [3.63, 3.8) is 0 Å². The number of carbonyl (C=O) groups excluding carboxylic acids is 1. The molecule has 0 unspecified atom stereocenters. The molecule has 0 saturated carbocycles. The molecule has 10 heteroatoms. The molecule has 206 valence electrons. The Labute approximate surface area is 226 Å². The van der Waals surface area contributed by atoms with Gasteiger partial charge >= 0.3 is 6.18 Å². The summed E-state index contributed by atoms with van der Waals surface area (Å²) in [6.07, 6.45) is 1.46. The summed E-state index contributed by atoms with van der Waals surface area (Å²) in [5.41, 5.74) is 3.44. The Morgan fingerprint density at radius 2 is 1.79 bits per heavy atom. The molecule has 1 atom stereocenters. The zero-order valence-corrected chi connectivity index (χ0v) is 22.2. The van der Waals surface area contributed by atoms with Crippen LogP contribution in [-0.4, -0.2) is 65.4 Å². The van der Waals surface area contributed by atoms with Crippen molar-refractivity contribution >= 4 is 17.3 Å². The number of fused-ring (bicyclic) bond motifs is 1. The summed E-state index contributed by atoms with van der Waals surface area (Å²) in [5, 5.41) is 2.73. The molecule has 0 aliphatic carbocycles. The first-order valence-electron chi connectivity index (χ1n) is 13.3. The van der Waals surface area contributed by atoms with Crippen LogP contribution >= 0.6 is 0 Å². The number of alkyl halides is 3. The van der Waals surface area contributed by atoms with Gasteiger partial charge in [-0.3, -0.25) is 9.69 Å². The number of nitrogens with zero attached hydrogens (tertiary/aromatic N) is 5. The second-order valence-electron chi connectivity index (χ2n) is 10.4. The quantitative estimate of drug-likeness (QED) is 0.476. The van der Waals surface area contributed by atoms with Gasteiger partial charge in [-0.05, 0) is 60.5 Å². The molecular weight excluding hydrogens is 505 g/mol. The van der Waals surface area contributed by atoms with Crippen LogP contribution in [-0.2, 0) is 19.3 Å². The van der Waals surface area contributed by atoms with Gasteiger partial charge in [-0.15, -0.1) is 0 Å². The van der Waals surface area contributed by atoms with Gasteiger partial charge in [0.15, 0.2) is 0 Å². The number of hydrogen-bond donors (Lipinski definition) is 1. The van der Waals surface area contributed by atoms with E-state index >= 15 is 0 Å². The van der Waals surface area contributed by atoms with Crippen LogP contribution < -0.4 is 10.2 Å². The van der Waals surface area contributed by atoms with Crippen LogP contribution in [0.2, 0.25) is 0 Å². The van der Waals surface area contributed by atoms with E-state index in [1.54, 1.807) is 24.5 Å². The smallest absolute Gasteiger partial charge is 0.364 e. The maximum Gasteiger partial charge on any atom is 0.416 e. The lowest BCUT2D eigenvalue weighted by Crippen LogP contribution is -2.43. The second kappa shape index (κ2) is 11.3. The van der Waals surface area contributed by atoms with Gasteiger partial charge in [-0.1, -0.05) is 13.0 Å². The van der Waals surface area contributed by atoms with Gasteiger partial charge in [0.2, 0.25) is 0 Å². The molecule has 2 aliphatic rings. The Bertz CT molecular complexity index is 1310. The molecule has 0 spiro atoms. The van der Waals surface area contributed by atoms with Gasteiger partial charge in [-0.2, -0.15) is 13.2 Å². The molecule has 1 amide bonds. The van der Waals surface area contributed by atoms with Gasteiger partial charge in [0.1, 0.15) is 6.33 Å². The number of anilines is 2. The molecule has 3 heterocycles. The molecule has 0 radical (unpaired) electrons. The molecule has 39 heavy (non-hydrogen) atoms. The van der Waals surface area contributed by atoms with Crippen molar-refractivity contribution < 1.29 is 18.0 Å². The van der Waals surface area contributed by atoms with Gasteiger partial charge < -0.3 is 15.1 Å². The lowest BCUT2D eigenvalue weighted by molar-refractivity contribution is -0.137. The third kappa shape index (κ3) is 6.39. The molecule has 0 bridgehead atoms. The van der Waals surface area contributed by atoms with Crippen LogP contribution in [0.3, 0.4) is 0 Å². The van der Waals surface area contributed by atoms with E-state index in [1.807, 2.05) is 19.2 Å². The fraction of sp³-hybridized carbons (Fsp3) is 0.414. The molecule has 2 aliphatic heterocycles. The maximum atomic E-state index is 13.7. The van der Waals surface area contributed by atoms with Gasteiger partial charge in [0.05, 0.1) is 23.6 Å². The average molecular weight is 539 g/mol. The van der Waals surface area contributed by atoms with Crippen molar-refractivity contribution in [1.29, 1.82) is 0 Å². The number of piperazine rings is 1. The van der Waals surface area contributed by atoms with Crippen LogP contribution in [0.15, 0.2) is 55.1 Å². The highest BCUT2D eigenvalue weighted by Gasteiger charge is 2.32. The highest BCUT2D eigenvalue weighted by Crippen LogP contribution is 2.35. The number of nitrogens with one attached hydrogen (secondary N) is 1. The summed E-state index contributed by atoms with van der Waals surface area (Å²) < 4.78 is 41.2. The van der Waals surface area contributed by atoms with E-state index in [0.717, 1.165) is 56.5 Å². The molecule has 1 aromatic heterocycles. The third-order valence-corrected chi connectivity index (χ3v) is 7.63. The standard InChI is InChI=1S/C29H33F3N6O/c1-3-21-17-38(26-14-33-19-34-15-26)18-23-12-22(4-5-27(21)23)28(39)35-25-11-20(10-24(13-25)29(30,31)32)16-37-8-6-36(2)7-9-37/h4-5,10-15,19,21H,3,6-9,16-18H2,1-2H3,(H,35,39)/t21-/m1/s1. The Morgan fingerprint density at radius 1 is 1.05 bits per heavy atom. The SMILES string of the molecule is CC[C@@H]1CN(c2cncnc2)Cc2cc(C(=O)Nc3cc(CN4CCN(C)CC4)cc(C(F)(F)F)c3)ccc21. The van der Waals surface area contributed by atoms with Crippen LogP contribution in [0.4, 0.5) is 24.5 Å². The molecule has 1 fully saturated rings. The molecule has 1 N–H and O–H groups in total. The number of hydrogen-bond acceptors (Lipinski definition) is 6. The Morgan fingerprint density at radius 3 is 2.49 bits per heavy atom. The number of rotatable bonds is 6. The number of carbonyl (C=O) groups is 1. The predicted octanol–water partition coefficient (Wildman–Crippen LogP) is 5.01. The van der Waals surface area contributed by atoms with E-state index in [2.05, 4.69) is 36.9 Å². The first kappa shape index (κ1) is 27.1. The van der Waals surface area contributed by atoms with Crippen molar-refractivity contribution in [2.45, 2.75) is 38.5 Å². The van der Waals surface area contributed by atoms with Gasteiger partial charge in [0, 0.05) is 63.0 Å². The van der Waals surface area contributed by atoms with E-state index < -0.39 is 17.6 Å². The van der Waals surface area contributed by atoms with Crippen molar-refractivity contribution in [1.82, 2.24) is 19.8 Å². The van der Waals surface area contributed by atoms with Crippen molar-refractivity contribution in [2.24, 2.45) is 0 Å². The van der Waals surface area contributed by atoms with E-state index in [-0.39, 0.29) is 11.6 Å². The normalized spacial score (nSPS) is 18.6. The number of likely N-dealkylation sites (N-methyl/N-ethyl adjacent to an activating group) is 1. The zero-order chi connectivity index (χ0) is 27.6. The highest BCUT2D eigenvalue weighted by atomic mass is 19.4. The van der Waals surface area contributed by atoms with Gasteiger partial charge in [-0.25, -0.2) is 9.97 Å². The Kier molecular flexibility index (Phi) is 7.86. The predicted molar refractivity (Wildman–Crippen MR) is 145 cm³/mol. The summed E-state index contributed by atoms with van der Waals surface area (Å²) in [4.78, 5) is 28.0. The monoisotopic (exact) mass is 538 g/mol. The largest absolute Gasteiger partial charge is 0.416 e. The number of amides is 1. The number of aromatic nitrogens is 2. The summed E-state index contributed by atoms with van der Waals surface area (Å²) >= 11 is 0. The van der Waals surface area contributed by atoms with E-state index in [4.69, 9.17) is 0 Å². The van der Waals surface area contributed by atoms with Crippen molar-refractivity contribution in [3.8, 4) is 0 Å². The molecule has 2 aromatic carbocycles. The van der Waals surface area contributed by atoms with E-state index in [0.29, 0.717) is 24.2 Å². The summed E-state index contributed by atoms with van der Waals surface area (Å²) in [5.74, 6) is -0.150. The summed E-state index contributed by atoms with van der Waals surface area (Å²) in [6, 6.07) is 9.42. The minimum absolute atomic E-state index is 0.145. The first-order chi connectivity index (χ1) is 18.7. The fourth-order valence-corrected chi connectivity index (χ4v) is 5.40. The summed E-state index contributed by atoms with van der Waals surface area (Å²) in [6.45, 7) is 7.26. The van der Waals surface area contributed by atoms with Crippen molar-refractivity contribution in [2.75, 3.05) is 50.0 Å².